The Morgan fingerprint density at radius 3 is 2.63 bits per heavy atom. The first-order valence-corrected chi connectivity index (χ1v) is 10.4. The first-order valence-electron chi connectivity index (χ1n) is 8.59. The van der Waals surface area contributed by atoms with Gasteiger partial charge >= 0.3 is 6.18 Å². The van der Waals surface area contributed by atoms with Crippen LogP contribution in [-0.2, 0) is 24.6 Å². The van der Waals surface area contributed by atoms with Gasteiger partial charge in [0.15, 0.2) is 11.0 Å². The van der Waals surface area contributed by atoms with E-state index in [1.54, 1.807) is 11.6 Å². The molecule has 0 spiro atoms. The van der Waals surface area contributed by atoms with E-state index in [2.05, 4.69) is 31.4 Å². The molecule has 0 saturated carbocycles. The molecule has 158 valence electrons. The number of benzene rings is 2. The third-order valence-corrected chi connectivity index (χ3v) is 5.46. The van der Waals surface area contributed by atoms with Crippen molar-refractivity contribution in [3.05, 3.63) is 64.4 Å². The molecule has 0 aliphatic heterocycles. The minimum atomic E-state index is -4.47. The van der Waals surface area contributed by atoms with Crippen molar-refractivity contribution >= 4 is 39.3 Å². The first kappa shape index (κ1) is 22.2. The summed E-state index contributed by atoms with van der Waals surface area (Å²) in [6.07, 6.45) is -4.47. The predicted octanol–water partition coefficient (Wildman–Crippen LogP) is 4.91. The number of nitrogens with zero attached hydrogens (tertiary/aromatic N) is 3. The highest BCUT2D eigenvalue weighted by Crippen LogP contribution is 2.30. The second-order valence-electron chi connectivity index (χ2n) is 6.12. The van der Waals surface area contributed by atoms with Crippen LogP contribution in [0.25, 0.3) is 0 Å². The molecular weight excluding hydrogens is 485 g/mol. The van der Waals surface area contributed by atoms with Gasteiger partial charge in [-0.25, -0.2) is 0 Å². The Morgan fingerprint density at radius 2 is 1.93 bits per heavy atom. The van der Waals surface area contributed by atoms with Crippen LogP contribution in [0.4, 0.5) is 18.9 Å². The molecule has 11 heteroatoms. The molecule has 0 fully saturated rings. The third kappa shape index (κ3) is 5.99. The molecule has 1 aromatic heterocycles. The Kier molecular flexibility index (Phi) is 7.03. The van der Waals surface area contributed by atoms with Crippen LogP contribution in [-0.4, -0.2) is 26.4 Å². The Hall–Kier alpha value is -2.53. The number of halogens is 4. The maximum atomic E-state index is 12.8. The second-order valence-corrected chi connectivity index (χ2v) is 7.97. The van der Waals surface area contributed by atoms with Gasteiger partial charge in [0.2, 0.25) is 5.91 Å². The summed E-state index contributed by atoms with van der Waals surface area (Å²) in [5, 5.41) is 11.0. The van der Waals surface area contributed by atoms with Gasteiger partial charge in [-0.2, -0.15) is 13.2 Å². The molecule has 1 heterocycles. The average molecular weight is 501 g/mol. The largest absolute Gasteiger partial charge is 0.486 e. The van der Waals surface area contributed by atoms with E-state index in [4.69, 9.17) is 4.74 Å². The predicted molar refractivity (Wildman–Crippen MR) is 110 cm³/mol. The van der Waals surface area contributed by atoms with E-state index in [-0.39, 0.29) is 18.0 Å². The zero-order valence-electron chi connectivity index (χ0n) is 15.6. The molecule has 2 aromatic carbocycles. The van der Waals surface area contributed by atoms with Crippen LogP contribution in [0.1, 0.15) is 11.4 Å². The molecule has 0 unspecified atom stereocenters. The van der Waals surface area contributed by atoms with E-state index in [1.807, 2.05) is 24.3 Å². The monoisotopic (exact) mass is 500 g/mol. The number of alkyl halides is 3. The van der Waals surface area contributed by atoms with E-state index in [0.717, 1.165) is 28.4 Å². The van der Waals surface area contributed by atoms with E-state index < -0.39 is 17.6 Å². The minimum Gasteiger partial charge on any atom is -0.486 e. The van der Waals surface area contributed by atoms with Crippen LogP contribution >= 0.6 is 27.7 Å². The highest BCUT2D eigenvalue weighted by molar-refractivity contribution is 9.10. The first-order chi connectivity index (χ1) is 14.2. The number of hydrogen-bond acceptors (Lipinski definition) is 5. The summed E-state index contributed by atoms with van der Waals surface area (Å²) in [6, 6.07) is 11.8. The molecule has 0 radical (unpaired) electrons. The zero-order valence-corrected chi connectivity index (χ0v) is 18.0. The van der Waals surface area contributed by atoms with Crippen molar-refractivity contribution < 1.29 is 22.7 Å². The van der Waals surface area contributed by atoms with Gasteiger partial charge in [-0.15, -0.1) is 10.2 Å². The van der Waals surface area contributed by atoms with Crippen LogP contribution in [0, 0.1) is 0 Å². The number of rotatable bonds is 7. The summed E-state index contributed by atoms with van der Waals surface area (Å²) in [5.74, 6) is 0.764. The van der Waals surface area contributed by atoms with Crippen LogP contribution in [0.2, 0.25) is 0 Å². The van der Waals surface area contributed by atoms with Crippen molar-refractivity contribution in [3.8, 4) is 5.75 Å². The number of aromatic nitrogens is 3. The SMILES string of the molecule is Cn1c(COc2ccc(Br)cc2)nnc1SCC(=O)Nc1cccc(C(F)(F)F)c1. The standard InChI is InChI=1S/C19H16BrF3N4O2S/c1-27-16(10-29-15-7-5-13(20)6-8-15)25-26-18(27)30-11-17(28)24-14-4-2-3-12(9-14)19(21,22)23/h2-9H,10-11H2,1H3,(H,24,28). The van der Waals surface area contributed by atoms with Crippen molar-refractivity contribution in [2.45, 2.75) is 17.9 Å². The van der Waals surface area contributed by atoms with Crippen LogP contribution in [0.3, 0.4) is 0 Å². The number of anilines is 1. The maximum Gasteiger partial charge on any atom is 0.416 e. The smallest absolute Gasteiger partial charge is 0.416 e. The summed E-state index contributed by atoms with van der Waals surface area (Å²) in [4.78, 5) is 12.1. The molecule has 1 N–H and O–H groups in total. The summed E-state index contributed by atoms with van der Waals surface area (Å²) in [5.41, 5.74) is -0.742. The van der Waals surface area contributed by atoms with Gasteiger partial charge in [0.05, 0.1) is 11.3 Å². The molecule has 6 nitrogen and oxygen atoms in total. The summed E-state index contributed by atoms with van der Waals surface area (Å²) < 4.78 is 46.6. The molecular formula is C19H16BrF3N4O2S. The summed E-state index contributed by atoms with van der Waals surface area (Å²) in [7, 11) is 1.74. The lowest BCUT2D eigenvalue weighted by Gasteiger charge is -2.10. The van der Waals surface area contributed by atoms with Gasteiger partial charge in [-0.1, -0.05) is 33.8 Å². The quantitative estimate of drug-likeness (QED) is 0.467. The van der Waals surface area contributed by atoms with Crippen LogP contribution in [0.15, 0.2) is 58.2 Å². The van der Waals surface area contributed by atoms with Gasteiger partial charge < -0.3 is 14.6 Å². The lowest BCUT2D eigenvalue weighted by Crippen LogP contribution is -2.15. The van der Waals surface area contributed by atoms with E-state index in [1.165, 1.54) is 12.1 Å². The van der Waals surface area contributed by atoms with Crippen molar-refractivity contribution in [2.75, 3.05) is 11.1 Å². The van der Waals surface area contributed by atoms with Crippen LogP contribution < -0.4 is 10.1 Å². The fraction of sp³-hybridized carbons (Fsp3) is 0.211. The third-order valence-electron chi connectivity index (χ3n) is 3.91. The fourth-order valence-electron chi connectivity index (χ4n) is 2.38. The lowest BCUT2D eigenvalue weighted by molar-refractivity contribution is -0.137. The van der Waals surface area contributed by atoms with Gasteiger partial charge in [-0.3, -0.25) is 4.79 Å². The van der Waals surface area contributed by atoms with Crippen molar-refractivity contribution in [3.63, 3.8) is 0 Å². The van der Waals surface area contributed by atoms with Gasteiger partial charge in [0.1, 0.15) is 12.4 Å². The molecule has 0 atom stereocenters. The highest BCUT2D eigenvalue weighted by Gasteiger charge is 2.30. The Morgan fingerprint density at radius 1 is 1.20 bits per heavy atom. The number of carbonyl (C=O) groups is 1. The Bertz CT molecular complexity index is 1030. The second kappa shape index (κ2) is 9.52. The maximum absolute atomic E-state index is 12.8. The molecule has 30 heavy (non-hydrogen) atoms. The van der Waals surface area contributed by atoms with Crippen molar-refractivity contribution in [1.82, 2.24) is 14.8 Å². The molecule has 0 aliphatic rings. The molecule has 0 aliphatic carbocycles. The zero-order chi connectivity index (χ0) is 21.7. The molecule has 0 bridgehead atoms. The Labute approximate surface area is 183 Å². The van der Waals surface area contributed by atoms with E-state index in [9.17, 15) is 18.0 Å². The number of hydrogen-bond donors (Lipinski definition) is 1. The molecule has 3 aromatic rings. The number of carbonyl (C=O) groups excluding carboxylic acids is 1. The van der Waals surface area contributed by atoms with E-state index in [0.29, 0.717) is 16.7 Å². The molecule has 1 amide bonds. The van der Waals surface area contributed by atoms with Gasteiger partial charge in [0, 0.05) is 17.2 Å². The van der Waals surface area contributed by atoms with Gasteiger partial charge in [0.25, 0.3) is 0 Å². The summed E-state index contributed by atoms with van der Waals surface area (Å²) >= 11 is 4.47. The molecule has 3 rings (SSSR count). The average Bonchev–Trinajstić information content (AvgIpc) is 3.05. The van der Waals surface area contributed by atoms with Crippen molar-refractivity contribution in [2.24, 2.45) is 7.05 Å². The lowest BCUT2D eigenvalue weighted by atomic mass is 10.2. The minimum absolute atomic E-state index is 0.0320. The number of thioether (sulfide) groups is 1. The normalized spacial score (nSPS) is 11.4. The molecule has 0 saturated heterocycles. The van der Waals surface area contributed by atoms with Gasteiger partial charge in [-0.05, 0) is 42.5 Å². The number of ether oxygens (including phenoxy) is 1. The topological polar surface area (TPSA) is 69.0 Å². The summed E-state index contributed by atoms with van der Waals surface area (Å²) in [6.45, 7) is 0.197. The fourth-order valence-corrected chi connectivity index (χ4v) is 3.37. The number of nitrogens with one attached hydrogen (secondary N) is 1. The highest BCUT2D eigenvalue weighted by atomic mass is 79.9. The van der Waals surface area contributed by atoms with E-state index >= 15 is 0 Å². The van der Waals surface area contributed by atoms with Crippen molar-refractivity contribution in [1.29, 1.82) is 0 Å². The number of amides is 1. The Balaban J connectivity index is 1.53. The van der Waals surface area contributed by atoms with Crippen LogP contribution in [0.5, 0.6) is 5.75 Å².